The molecule has 39 heavy (non-hydrogen) atoms. The van der Waals surface area contributed by atoms with Crippen LogP contribution in [0.1, 0.15) is 47.2 Å². The second-order valence-electron chi connectivity index (χ2n) is 9.73. The van der Waals surface area contributed by atoms with Gasteiger partial charge in [-0.05, 0) is 48.2 Å². The van der Waals surface area contributed by atoms with Crippen molar-refractivity contribution in [1.29, 1.82) is 0 Å². The summed E-state index contributed by atoms with van der Waals surface area (Å²) in [6.45, 7) is 0.194. The fourth-order valence-corrected chi connectivity index (χ4v) is 5.31. The fourth-order valence-electron chi connectivity index (χ4n) is 5.12. The van der Waals surface area contributed by atoms with E-state index in [1.54, 1.807) is 42.5 Å². The highest BCUT2D eigenvalue weighted by molar-refractivity contribution is 6.31. The summed E-state index contributed by atoms with van der Waals surface area (Å²) in [5.41, 5.74) is 1.48. The summed E-state index contributed by atoms with van der Waals surface area (Å²) in [6, 6.07) is 17.7. The Hall–Kier alpha value is -4.04. The zero-order valence-corrected chi connectivity index (χ0v) is 22.7. The number of halogens is 1. The zero-order chi connectivity index (χ0) is 27.5. The van der Waals surface area contributed by atoms with Crippen LogP contribution in [0, 0.1) is 0 Å². The summed E-state index contributed by atoms with van der Waals surface area (Å²) >= 11 is 6.42. The number of nitrogens with zero attached hydrogens (tertiary/aromatic N) is 2. The average Bonchev–Trinajstić information content (AvgIpc) is 3.47. The number of ether oxygens (including phenoxy) is 2. The molecular weight excluding hydrogens is 518 g/mol. The van der Waals surface area contributed by atoms with E-state index in [2.05, 4.69) is 5.32 Å². The van der Waals surface area contributed by atoms with Gasteiger partial charge in [-0.1, -0.05) is 54.8 Å². The normalized spacial score (nSPS) is 13.5. The van der Waals surface area contributed by atoms with Crippen LogP contribution in [0.15, 0.2) is 70.3 Å². The smallest absolute Gasteiger partial charge is 0.332 e. The molecule has 1 amide bonds. The highest BCUT2D eigenvalue weighted by Crippen LogP contribution is 2.31. The third kappa shape index (κ3) is 5.43. The Morgan fingerprint density at radius 1 is 0.923 bits per heavy atom. The molecule has 1 N–H and O–H groups in total. The Morgan fingerprint density at radius 3 is 2.26 bits per heavy atom. The number of fused-ring (bicyclic) bond motifs is 1. The van der Waals surface area contributed by atoms with Crippen molar-refractivity contribution in [2.45, 2.75) is 44.8 Å². The molecule has 1 aliphatic carbocycles. The molecule has 202 valence electrons. The van der Waals surface area contributed by atoms with Crippen LogP contribution < -0.4 is 26.0 Å². The lowest BCUT2D eigenvalue weighted by Gasteiger charge is -2.17. The third-order valence-electron chi connectivity index (χ3n) is 7.26. The molecule has 0 spiro atoms. The molecule has 0 unspecified atom stereocenters. The van der Waals surface area contributed by atoms with Gasteiger partial charge in [0.15, 0.2) is 11.5 Å². The SMILES string of the molecule is COc1cc2c(=O)n(Cc3ccc(C(=O)NC4CCCC4)cc3)c(=O)n(Cc3ccccc3Cl)c2cc1OC. The molecule has 0 saturated heterocycles. The first-order valence-corrected chi connectivity index (χ1v) is 13.3. The predicted octanol–water partition coefficient (Wildman–Crippen LogP) is 4.60. The van der Waals surface area contributed by atoms with Crippen LogP contribution in [0.5, 0.6) is 11.5 Å². The van der Waals surface area contributed by atoms with Crippen LogP contribution >= 0.6 is 11.6 Å². The van der Waals surface area contributed by atoms with E-state index in [1.807, 2.05) is 18.2 Å². The molecule has 0 radical (unpaired) electrons. The monoisotopic (exact) mass is 547 g/mol. The lowest BCUT2D eigenvalue weighted by Crippen LogP contribution is -2.40. The number of carbonyl (C=O) groups is 1. The van der Waals surface area contributed by atoms with Gasteiger partial charge in [0.05, 0.1) is 38.2 Å². The van der Waals surface area contributed by atoms with E-state index >= 15 is 0 Å². The van der Waals surface area contributed by atoms with Crippen LogP contribution in [-0.2, 0) is 13.1 Å². The molecule has 1 aliphatic rings. The highest BCUT2D eigenvalue weighted by Gasteiger charge is 2.20. The molecule has 3 aromatic carbocycles. The summed E-state index contributed by atoms with van der Waals surface area (Å²) in [5, 5.41) is 3.91. The molecule has 0 aliphatic heterocycles. The minimum Gasteiger partial charge on any atom is -0.493 e. The summed E-state index contributed by atoms with van der Waals surface area (Å²) in [7, 11) is 2.99. The number of aromatic nitrogens is 2. The molecule has 1 fully saturated rings. The molecular formula is C30H30ClN3O5. The number of benzene rings is 3. The largest absolute Gasteiger partial charge is 0.493 e. The second-order valence-corrected chi connectivity index (χ2v) is 10.1. The lowest BCUT2D eigenvalue weighted by molar-refractivity contribution is 0.0938. The first-order chi connectivity index (χ1) is 18.9. The third-order valence-corrected chi connectivity index (χ3v) is 7.63. The van der Waals surface area contributed by atoms with Gasteiger partial charge < -0.3 is 14.8 Å². The minimum atomic E-state index is -0.484. The van der Waals surface area contributed by atoms with Crippen LogP contribution in [0.2, 0.25) is 5.02 Å². The summed E-state index contributed by atoms with van der Waals surface area (Å²) in [6.07, 6.45) is 4.28. The van der Waals surface area contributed by atoms with Gasteiger partial charge in [-0.15, -0.1) is 0 Å². The Balaban J connectivity index is 1.55. The van der Waals surface area contributed by atoms with Gasteiger partial charge in [0.1, 0.15) is 0 Å². The molecule has 4 aromatic rings. The Morgan fingerprint density at radius 2 is 1.59 bits per heavy atom. The first-order valence-electron chi connectivity index (χ1n) is 12.9. The number of hydrogen-bond acceptors (Lipinski definition) is 5. The minimum absolute atomic E-state index is 0.0367. The van der Waals surface area contributed by atoms with E-state index in [1.165, 1.54) is 23.4 Å². The molecule has 1 aromatic heterocycles. The maximum absolute atomic E-state index is 13.8. The van der Waals surface area contributed by atoms with Gasteiger partial charge in [-0.2, -0.15) is 0 Å². The number of methoxy groups -OCH3 is 2. The quantitative estimate of drug-likeness (QED) is 0.348. The zero-order valence-electron chi connectivity index (χ0n) is 21.9. The van der Waals surface area contributed by atoms with E-state index in [4.69, 9.17) is 21.1 Å². The number of hydrogen-bond donors (Lipinski definition) is 1. The van der Waals surface area contributed by atoms with Crippen molar-refractivity contribution in [2.24, 2.45) is 0 Å². The van der Waals surface area contributed by atoms with Crippen molar-refractivity contribution in [3.05, 3.63) is 103 Å². The van der Waals surface area contributed by atoms with Crippen LogP contribution in [0.4, 0.5) is 0 Å². The standard InChI is InChI=1S/C30H30ClN3O5/c1-38-26-15-23-25(16-27(26)39-2)33(18-21-7-3-6-10-24(21)31)30(37)34(29(23)36)17-19-11-13-20(14-12-19)28(35)32-22-8-4-5-9-22/h3,6-7,10-16,22H,4-5,8-9,17-18H2,1-2H3,(H,32,35). The molecule has 0 atom stereocenters. The number of rotatable bonds is 8. The van der Waals surface area contributed by atoms with E-state index in [0.29, 0.717) is 33.0 Å². The van der Waals surface area contributed by atoms with Crippen LogP contribution in [-0.4, -0.2) is 35.3 Å². The van der Waals surface area contributed by atoms with E-state index < -0.39 is 11.2 Å². The predicted molar refractivity (Wildman–Crippen MR) is 151 cm³/mol. The number of carbonyl (C=O) groups excluding carboxylic acids is 1. The van der Waals surface area contributed by atoms with Crippen molar-refractivity contribution in [2.75, 3.05) is 14.2 Å². The van der Waals surface area contributed by atoms with Gasteiger partial charge in [0.25, 0.3) is 11.5 Å². The number of nitrogens with one attached hydrogen (secondary N) is 1. The maximum Gasteiger partial charge on any atom is 0.332 e. The van der Waals surface area contributed by atoms with Gasteiger partial charge in [-0.3, -0.25) is 18.7 Å². The Bertz CT molecular complexity index is 1640. The molecule has 9 heteroatoms. The van der Waals surface area contributed by atoms with Crippen LogP contribution in [0.25, 0.3) is 10.9 Å². The van der Waals surface area contributed by atoms with Gasteiger partial charge in [0.2, 0.25) is 0 Å². The summed E-state index contributed by atoms with van der Waals surface area (Å²) < 4.78 is 13.6. The highest BCUT2D eigenvalue weighted by atomic mass is 35.5. The van der Waals surface area contributed by atoms with Gasteiger partial charge in [-0.25, -0.2) is 4.79 Å². The van der Waals surface area contributed by atoms with Gasteiger partial charge in [0, 0.05) is 22.7 Å². The lowest BCUT2D eigenvalue weighted by atomic mass is 10.1. The Kier molecular flexibility index (Phi) is 7.74. The van der Waals surface area contributed by atoms with E-state index in [0.717, 1.165) is 36.8 Å². The second kappa shape index (κ2) is 11.4. The number of amides is 1. The van der Waals surface area contributed by atoms with Crippen molar-refractivity contribution >= 4 is 28.4 Å². The van der Waals surface area contributed by atoms with Crippen molar-refractivity contribution < 1.29 is 14.3 Å². The summed E-state index contributed by atoms with van der Waals surface area (Å²) in [5.74, 6) is 0.676. The average molecular weight is 548 g/mol. The topological polar surface area (TPSA) is 91.6 Å². The fraction of sp³-hybridized carbons (Fsp3) is 0.300. The Labute approximate surface area is 230 Å². The first kappa shape index (κ1) is 26.6. The van der Waals surface area contributed by atoms with E-state index in [9.17, 15) is 14.4 Å². The van der Waals surface area contributed by atoms with Crippen molar-refractivity contribution in [1.82, 2.24) is 14.5 Å². The van der Waals surface area contributed by atoms with Gasteiger partial charge >= 0.3 is 5.69 Å². The molecule has 1 heterocycles. The summed E-state index contributed by atoms with van der Waals surface area (Å²) in [4.78, 5) is 40.0. The van der Waals surface area contributed by atoms with Crippen molar-refractivity contribution in [3.8, 4) is 11.5 Å². The molecule has 8 nitrogen and oxygen atoms in total. The molecule has 5 rings (SSSR count). The molecule has 0 bridgehead atoms. The van der Waals surface area contributed by atoms with Crippen LogP contribution in [0.3, 0.4) is 0 Å². The van der Waals surface area contributed by atoms with E-state index in [-0.39, 0.29) is 25.0 Å². The van der Waals surface area contributed by atoms with Crippen molar-refractivity contribution in [3.63, 3.8) is 0 Å². The molecule has 1 saturated carbocycles. The maximum atomic E-state index is 13.8.